The van der Waals surface area contributed by atoms with E-state index in [0.717, 1.165) is 61.5 Å². The molecule has 0 amide bonds. The Balaban J connectivity index is 0.000000244. The molecular weight excluding hydrogens is 546 g/mol. The quantitative estimate of drug-likeness (QED) is 0.164. The minimum atomic E-state index is -4.02. The SMILES string of the molecule is C[n+]1ccc(-c2cc3cc4nc(cc5ccc(cc6nc(cc2[nH]3)C=C6)[nH]5)C=C4)cc1.Cc1ccc(S(=O)(=O)O)cc1. The van der Waals surface area contributed by atoms with Gasteiger partial charge in [0.1, 0.15) is 7.05 Å². The fraction of sp³-hybridized carbons (Fsp3) is 0.0606. The molecule has 42 heavy (non-hydrogen) atoms. The van der Waals surface area contributed by atoms with Crippen LogP contribution in [0.5, 0.6) is 0 Å². The van der Waals surface area contributed by atoms with Crippen molar-refractivity contribution in [2.45, 2.75) is 11.8 Å². The molecule has 208 valence electrons. The third-order valence-electron chi connectivity index (χ3n) is 6.78. The topological polar surface area (TPSA) is 116 Å². The van der Waals surface area contributed by atoms with Crippen LogP contribution in [0.4, 0.5) is 0 Å². The van der Waals surface area contributed by atoms with E-state index in [1.165, 1.54) is 12.1 Å². The van der Waals surface area contributed by atoms with Crippen molar-refractivity contribution in [3.63, 3.8) is 0 Å². The molecule has 6 heterocycles. The van der Waals surface area contributed by atoms with Crippen LogP contribution in [0.1, 0.15) is 28.3 Å². The number of benzene rings is 1. The van der Waals surface area contributed by atoms with E-state index >= 15 is 0 Å². The van der Waals surface area contributed by atoms with Gasteiger partial charge in [-0.05, 0) is 91.4 Å². The summed E-state index contributed by atoms with van der Waals surface area (Å²) < 4.78 is 31.6. The standard InChI is InChI=1S/C26H19N5.C7H8O3S/c1-31-10-8-17(9-11-31)25-15-24-14-22-5-4-20(28-22)12-18-2-3-19(27-18)13-21-6-7-23(29-21)16-26(25)30-24;1-6-2-4-7(5-3-6)11(8,9)10/h2-16H,1H3,(H,27,28,29,30);2-5H,1H3,(H,8,9,10)/p+1. The van der Waals surface area contributed by atoms with Gasteiger partial charge in [-0.2, -0.15) is 8.42 Å². The second-order valence-corrected chi connectivity index (χ2v) is 11.6. The summed E-state index contributed by atoms with van der Waals surface area (Å²) in [7, 11) is -2.00. The Hall–Kier alpha value is -5.12. The molecule has 0 aliphatic carbocycles. The van der Waals surface area contributed by atoms with E-state index in [-0.39, 0.29) is 4.90 Å². The van der Waals surface area contributed by atoms with Crippen LogP contribution >= 0.6 is 0 Å². The number of aryl methyl sites for hydroxylation is 2. The molecule has 4 aromatic heterocycles. The number of nitrogens with one attached hydrogen (secondary N) is 2. The van der Waals surface area contributed by atoms with Crippen molar-refractivity contribution in [1.29, 1.82) is 0 Å². The minimum Gasteiger partial charge on any atom is -0.355 e. The van der Waals surface area contributed by atoms with E-state index in [1.54, 1.807) is 12.1 Å². The Morgan fingerprint density at radius 3 is 1.74 bits per heavy atom. The lowest BCUT2D eigenvalue weighted by molar-refractivity contribution is -0.671. The summed E-state index contributed by atoms with van der Waals surface area (Å²) in [5, 5.41) is 0. The van der Waals surface area contributed by atoms with Crippen molar-refractivity contribution in [2.75, 3.05) is 0 Å². The van der Waals surface area contributed by atoms with Gasteiger partial charge >= 0.3 is 0 Å². The third-order valence-corrected chi connectivity index (χ3v) is 7.64. The number of hydrogen-bond donors (Lipinski definition) is 3. The van der Waals surface area contributed by atoms with Gasteiger partial charge in [0.2, 0.25) is 0 Å². The molecular formula is C33H28N5O3S+. The zero-order chi connectivity index (χ0) is 29.3. The highest BCUT2D eigenvalue weighted by atomic mass is 32.2. The van der Waals surface area contributed by atoms with Crippen molar-refractivity contribution in [2.24, 2.45) is 7.05 Å². The number of nitrogens with zero attached hydrogens (tertiary/aromatic N) is 3. The van der Waals surface area contributed by atoms with E-state index in [4.69, 9.17) is 14.5 Å². The van der Waals surface area contributed by atoms with E-state index in [2.05, 4.69) is 70.9 Å². The molecule has 0 radical (unpaired) electrons. The van der Waals surface area contributed by atoms with E-state index in [1.807, 2.05) is 48.9 Å². The summed E-state index contributed by atoms with van der Waals surface area (Å²) in [5.41, 5.74) is 11.0. The highest BCUT2D eigenvalue weighted by Crippen LogP contribution is 2.27. The van der Waals surface area contributed by atoms with Gasteiger partial charge in [-0.15, -0.1) is 0 Å². The molecule has 0 fully saturated rings. The maximum atomic E-state index is 10.5. The molecule has 0 atom stereocenters. The Labute approximate surface area is 243 Å². The molecule has 0 unspecified atom stereocenters. The van der Waals surface area contributed by atoms with Crippen molar-refractivity contribution < 1.29 is 17.5 Å². The van der Waals surface area contributed by atoms with Gasteiger partial charge in [-0.1, -0.05) is 17.7 Å². The summed E-state index contributed by atoms with van der Waals surface area (Å²) in [6.07, 6.45) is 12.3. The summed E-state index contributed by atoms with van der Waals surface area (Å²) in [6, 6.07) is 24.8. The average molecular weight is 575 g/mol. The van der Waals surface area contributed by atoms with Crippen molar-refractivity contribution in [3.05, 3.63) is 120 Å². The molecule has 0 saturated carbocycles. The van der Waals surface area contributed by atoms with Crippen LogP contribution in [-0.2, 0) is 17.2 Å². The number of fused-ring (bicyclic) bond motifs is 8. The maximum absolute atomic E-state index is 10.5. The molecule has 7 rings (SSSR count). The van der Waals surface area contributed by atoms with Gasteiger partial charge in [0.15, 0.2) is 12.4 Å². The van der Waals surface area contributed by atoms with Crippen LogP contribution in [0, 0.1) is 6.92 Å². The molecule has 2 aliphatic rings. The van der Waals surface area contributed by atoms with Gasteiger partial charge in [0, 0.05) is 39.8 Å². The number of hydrogen-bond acceptors (Lipinski definition) is 4. The third kappa shape index (κ3) is 6.27. The van der Waals surface area contributed by atoms with Gasteiger partial charge < -0.3 is 9.97 Å². The molecule has 9 heteroatoms. The van der Waals surface area contributed by atoms with E-state index < -0.39 is 10.1 Å². The first-order valence-corrected chi connectivity index (χ1v) is 14.7. The van der Waals surface area contributed by atoms with E-state index in [0.29, 0.717) is 0 Å². The molecule has 2 aliphatic heterocycles. The summed E-state index contributed by atoms with van der Waals surface area (Å²) in [6.45, 7) is 1.84. The minimum absolute atomic E-state index is 0.0666. The summed E-state index contributed by atoms with van der Waals surface area (Å²) in [4.78, 5) is 16.4. The van der Waals surface area contributed by atoms with Crippen LogP contribution in [0.3, 0.4) is 0 Å². The molecule has 5 aromatic rings. The van der Waals surface area contributed by atoms with Gasteiger partial charge in [-0.25, -0.2) is 14.5 Å². The largest absolute Gasteiger partial charge is 0.355 e. The van der Waals surface area contributed by atoms with Crippen LogP contribution in [0.2, 0.25) is 0 Å². The molecule has 3 N–H and O–H groups in total. The zero-order valence-electron chi connectivity index (χ0n) is 23.0. The van der Waals surface area contributed by atoms with Gasteiger partial charge in [0.05, 0.1) is 27.7 Å². The average Bonchev–Trinajstić information content (AvgIpc) is 3.75. The maximum Gasteiger partial charge on any atom is 0.294 e. The highest BCUT2D eigenvalue weighted by Gasteiger charge is 2.09. The summed E-state index contributed by atoms with van der Waals surface area (Å²) in [5.74, 6) is 0. The molecule has 0 spiro atoms. The normalized spacial score (nSPS) is 12.2. The Kier molecular flexibility index (Phi) is 7.12. The highest BCUT2D eigenvalue weighted by molar-refractivity contribution is 7.85. The Morgan fingerprint density at radius 2 is 1.19 bits per heavy atom. The lowest BCUT2D eigenvalue weighted by atomic mass is 10.1. The smallest absolute Gasteiger partial charge is 0.294 e. The van der Waals surface area contributed by atoms with Crippen molar-refractivity contribution >= 4 is 56.5 Å². The number of pyridine rings is 1. The predicted octanol–water partition coefficient (Wildman–Crippen LogP) is 6.39. The Morgan fingerprint density at radius 1 is 0.667 bits per heavy atom. The first kappa shape index (κ1) is 27.1. The second kappa shape index (κ2) is 11.0. The van der Waals surface area contributed by atoms with Crippen LogP contribution < -0.4 is 4.57 Å². The van der Waals surface area contributed by atoms with Crippen LogP contribution in [0.15, 0.2) is 96.2 Å². The summed E-state index contributed by atoms with van der Waals surface area (Å²) >= 11 is 0. The Bertz CT molecular complexity index is 2120. The number of rotatable bonds is 2. The number of H-pyrrole nitrogens is 2. The lowest BCUT2D eigenvalue weighted by Crippen LogP contribution is -2.25. The first-order valence-electron chi connectivity index (χ1n) is 13.3. The first-order chi connectivity index (χ1) is 20.2. The fourth-order valence-electron chi connectivity index (χ4n) is 4.65. The number of aromatic amines is 2. The predicted molar refractivity (Wildman–Crippen MR) is 166 cm³/mol. The molecule has 0 saturated heterocycles. The van der Waals surface area contributed by atoms with Gasteiger partial charge in [0.25, 0.3) is 10.1 Å². The second-order valence-electron chi connectivity index (χ2n) is 10.1. The van der Waals surface area contributed by atoms with Crippen molar-refractivity contribution in [1.82, 2.24) is 19.9 Å². The molecule has 8 nitrogen and oxygen atoms in total. The fourth-order valence-corrected chi connectivity index (χ4v) is 5.13. The molecule has 8 bridgehead atoms. The molecule has 1 aromatic carbocycles. The van der Waals surface area contributed by atoms with Crippen molar-refractivity contribution in [3.8, 4) is 11.1 Å². The number of aromatic nitrogens is 5. The van der Waals surface area contributed by atoms with E-state index in [9.17, 15) is 8.42 Å². The van der Waals surface area contributed by atoms with Crippen LogP contribution in [0.25, 0.3) is 57.5 Å². The zero-order valence-corrected chi connectivity index (χ0v) is 23.8. The van der Waals surface area contributed by atoms with Gasteiger partial charge in [-0.3, -0.25) is 4.55 Å². The van der Waals surface area contributed by atoms with Crippen LogP contribution in [-0.4, -0.2) is 32.9 Å². The monoisotopic (exact) mass is 574 g/mol. The lowest BCUT2D eigenvalue weighted by Gasteiger charge is -1.97.